The minimum absolute atomic E-state index is 0.193. The highest BCUT2D eigenvalue weighted by molar-refractivity contribution is 5.72. The van der Waals surface area contributed by atoms with Crippen LogP contribution in [0.25, 0.3) is 0 Å². The van der Waals surface area contributed by atoms with E-state index in [1.54, 1.807) is 24.3 Å². The van der Waals surface area contributed by atoms with E-state index in [0.717, 1.165) is 19.3 Å². The molecule has 0 aromatic heterocycles. The molecule has 1 aromatic rings. The van der Waals surface area contributed by atoms with Crippen LogP contribution in [0.5, 0.6) is 11.5 Å². The molecule has 0 radical (unpaired) electrons. The summed E-state index contributed by atoms with van der Waals surface area (Å²) in [5.74, 6) is 1.06. The number of hydrogen-bond donors (Lipinski definition) is 0. The Balaban J connectivity index is 2.49. The van der Waals surface area contributed by atoms with Crippen LogP contribution in [-0.4, -0.2) is 18.9 Å². The maximum absolute atomic E-state index is 11.5. The van der Waals surface area contributed by atoms with Crippen molar-refractivity contribution in [3.05, 3.63) is 24.3 Å². The maximum atomic E-state index is 11.5. The quantitative estimate of drug-likeness (QED) is 0.390. The Morgan fingerprint density at radius 3 is 2.30 bits per heavy atom. The van der Waals surface area contributed by atoms with Gasteiger partial charge in [0.1, 0.15) is 11.5 Å². The summed E-state index contributed by atoms with van der Waals surface area (Å²) in [5.41, 5.74) is 0. The van der Waals surface area contributed by atoms with Gasteiger partial charge in [-0.3, -0.25) is 4.79 Å². The highest BCUT2D eigenvalue weighted by atomic mass is 16.7. The van der Waals surface area contributed by atoms with Crippen LogP contribution in [-0.2, 0) is 9.53 Å². The van der Waals surface area contributed by atoms with Gasteiger partial charge in [-0.05, 0) is 37.6 Å². The van der Waals surface area contributed by atoms with Crippen LogP contribution in [0.1, 0.15) is 46.5 Å². The number of esters is 1. The number of carbonyl (C=O) groups is 1. The fourth-order valence-corrected chi connectivity index (χ4v) is 1.66. The van der Waals surface area contributed by atoms with Crippen molar-refractivity contribution in [3.63, 3.8) is 0 Å². The van der Waals surface area contributed by atoms with Gasteiger partial charge in [-0.25, -0.2) is 0 Å². The summed E-state index contributed by atoms with van der Waals surface area (Å²) in [6.45, 7) is 6.60. The second kappa shape index (κ2) is 9.37. The van der Waals surface area contributed by atoms with Crippen molar-refractivity contribution in [2.45, 2.75) is 52.7 Å². The van der Waals surface area contributed by atoms with E-state index >= 15 is 0 Å². The Hall–Kier alpha value is -1.55. The van der Waals surface area contributed by atoms with Crippen molar-refractivity contribution in [2.24, 2.45) is 0 Å². The molecule has 1 atom stereocenters. The SMILES string of the molecule is CCCCC(=O)Oc1ccc(OC(CC)OCC)cc1. The molecule has 0 spiro atoms. The van der Waals surface area contributed by atoms with Crippen molar-refractivity contribution < 1.29 is 19.0 Å². The van der Waals surface area contributed by atoms with Crippen molar-refractivity contribution in [1.82, 2.24) is 0 Å². The second-order valence-electron chi connectivity index (χ2n) is 4.46. The van der Waals surface area contributed by atoms with Crippen molar-refractivity contribution in [1.29, 1.82) is 0 Å². The van der Waals surface area contributed by atoms with Gasteiger partial charge in [-0.1, -0.05) is 20.3 Å². The summed E-state index contributed by atoms with van der Waals surface area (Å²) in [7, 11) is 0. The van der Waals surface area contributed by atoms with Crippen LogP contribution in [0, 0.1) is 0 Å². The first-order valence-electron chi connectivity index (χ1n) is 7.28. The molecule has 4 heteroatoms. The molecule has 0 N–H and O–H groups in total. The lowest BCUT2D eigenvalue weighted by molar-refractivity contribution is -0.134. The van der Waals surface area contributed by atoms with E-state index < -0.39 is 0 Å². The molecule has 4 nitrogen and oxygen atoms in total. The molecule has 0 saturated heterocycles. The Morgan fingerprint density at radius 1 is 1.10 bits per heavy atom. The van der Waals surface area contributed by atoms with E-state index in [9.17, 15) is 4.79 Å². The lowest BCUT2D eigenvalue weighted by Crippen LogP contribution is -2.19. The molecular formula is C16H24O4. The molecule has 112 valence electrons. The molecule has 0 amide bonds. The van der Waals surface area contributed by atoms with Gasteiger partial charge in [0.25, 0.3) is 0 Å². The zero-order valence-corrected chi connectivity index (χ0v) is 12.6. The molecule has 0 saturated carbocycles. The average molecular weight is 280 g/mol. The van der Waals surface area contributed by atoms with Crippen LogP contribution in [0.15, 0.2) is 24.3 Å². The van der Waals surface area contributed by atoms with Gasteiger partial charge in [0, 0.05) is 19.4 Å². The van der Waals surface area contributed by atoms with Gasteiger partial charge < -0.3 is 14.2 Å². The van der Waals surface area contributed by atoms with Gasteiger partial charge >= 0.3 is 5.97 Å². The summed E-state index contributed by atoms with van der Waals surface area (Å²) >= 11 is 0. The van der Waals surface area contributed by atoms with Gasteiger partial charge in [0.2, 0.25) is 0 Å². The lowest BCUT2D eigenvalue weighted by Gasteiger charge is -2.17. The van der Waals surface area contributed by atoms with Crippen LogP contribution >= 0.6 is 0 Å². The molecule has 1 rings (SSSR count). The summed E-state index contributed by atoms with van der Waals surface area (Å²) in [4.78, 5) is 11.5. The van der Waals surface area contributed by atoms with Crippen molar-refractivity contribution in [2.75, 3.05) is 6.61 Å². The molecule has 1 aromatic carbocycles. The summed E-state index contributed by atoms with van der Waals surface area (Å²) in [5, 5.41) is 0. The van der Waals surface area contributed by atoms with Crippen molar-refractivity contribution in [3.8, 4) is 11.5 Å². The normalized spacial score (nSPS) is 11.9. The third kappa shape index (κ3) is 6.06. The minimum atomic E-state index is -0.238. The Kier molecular flexibility index (Phi) is 7.73. The van der Waals surface area contributed by atoms with Crippen LogP contribution in [0.3, 0.4) is 0 Å². The molecule has 0 bridgehead atoms. The first-order chi connectivity index (χ1) is 9.69. The van der Waals surface area contributed by atoms with Crippen LogP contribution in [0.4, 0.5) is 0 Å². The number of unbranched alkanes of at least 4 members (excludes halogenated alkanes) is 1. The smallest absolute Gasteiger partial charge is 0.311 e. The second-order valence-corrected chi connectivity index (χ2v) is 4.46. The molecule has 0 aliphatic rings. The van der Waals surface area contributed by atoms with E-state index in [1.807, 2.05) is 20.8 Å². The lowest BCUT2D eigenvalue weighted by atomic mass is 10.2. The summed E-state index contributed by atoms with van der Waals surface area (Å²) in [6, 6.07) is 7.03. The first-order valence-corrected chi connectivity index (χ1v) is 7.28. The zero-order valence-electron chi connectivity index (χ0n) is 12.6. The van der Waals surface area contributed by atoms with Gasteiger partial charge in [-0.2, -0.15) is 0 Å². The molecule has 0 aliphatic heterocycles. The number of hydrogen-bond acceptors (Lipinski definition) is 4. The van der Waals surface area contributed by atoms with E-state index in [-0.39, 0.29) is 12.3 Å². The van der Waals surface area contributed by atoms with Crippen LogP contribution < -0.4 is 9.47 Å². The average Bonchev–Trinajstić information content (AvgIpc) is 2.46. The van der Waals surface area contributed by atoms with E-state index in [2.05, 4.69) is 0 Å². The van der Waals surface area contributed by atoms with Gasteiger partial charge in [-0.15, -0.1) is 0 Å². The summed E-state index contributed by atoms with van der Waals surface area (Å²) < 4.78 is 16.3. The highest BCUT2D eigenvalue weighted by Crippen LogP contribution is 2.20. The molecule has 20 heavy (non-hydrogen) atoms. The Labute approximate surface area is 121 Å². The number of rotatable bonds is 9. The number of ether oxygens (including phenoxy) is 3. The maximum Gasteiger partial charge on any atom is 0.311 e. The first kappa shape index (κ1) is 16.5. The predicted molar refractivity (Wildman–Crippen MR) is 77.9 cm³/mol. The van der Waals surface area contributed by atoms with E-state index in [0.29, 0.717) is 24.5 Å². The third-order valence-corrected chi connectivity index (χ3v) is 2.74. The number of carbonyl (C=O) groups excluding carboxylic acids is 1. The summed E-state index contributed by atoms with van der Waals surface area (Å²) in [6.07, 6.45) is 2.83. The molecule has 0 heterocycles. The van der Waals surface area contributed by atoms with Crippen molar-refractivity contribution >= 4 is 5.97 Å². The topological polar surface area (TPSA) is 44.8 Å². The highest BCUT2D eigenvalue weighted by Gasteiger charge is 2.08. The predicted octanol–water partition coefficient (Wildman–Crippen LogP) is 3.93. The fraction of sp³-hybridized carbons (Fsp3) is 0.562. The third-order valence-electron chi connectivity index (χ3n) is 2.74. The molecular weight excluding hydrogens is 256 g/mol. The Morgan fingerprint density at radius 2 is 1.75 bits per heavy atom. The minimum Gasteiger partial charge on any atom is -0.465 e. The fourth-order valence-electron chi connectivity index (χ4n) is 1.66. The van der Waals surface area contributed by atoms with Gasteiger partial charge in [0.15, 0.2) is 6.29 Å². The Bertz CT molecular complexity index is 386. The standard InChI is InChI=1S/C16H24O4/c1-4-7-8-15(17)19-13-9-11-14(12-10-13)20-16(5-2)18-6-3/h9-12,16H,4-8H2,1-3H3. The van der Waals surface area contributed by atoms with Crippen LogP contribution in [0.2, 0.25) is 0 Å². The zero-order chi connectivity index (χ0) is 14.8. The largest absolute Gasteiger partial charge is 0.465 e. The molecule has 1 unspecified atom stereocenters. The number of benzene rings is 1. The molecule has 0 aliphatic carbocycles. The van der Waals surface area contributed by atoms with E-state index in [1.165, 1.54) is 0 Å². The monoisotopic (exact) mass is 280 g/mol. The van der Waals surface area contributed by atoms with E-state index in [4.69, 9.17) is 14.2 Å². The van der Waals surface area contributed by atoms with Gasteiger partial charge in [0.05, 0.1) is 0 Å². The molecule has 0 fully saturated rings.